The quantitative estimate of drug-likeness (QED) is 0.785. The fraction of sp³-hybridized carbons (Fsp3) is 0.600. The average Bonchev–Trinajstić information content (AvgIpc) is 2.29. The van der Waals surface area contributed by atoms with E-state index >= 15 is 0 Å². The second-order valence-electron chi connectivity index (χ2n) is 4.95. The summed E-state index contributed by atoms with van der Waals surface area (Å²) in [6.45, 7) is 9.90. The topological polar surface area (TPSA) is 12.0 Å². The molecule has 1 aromatic rings. The number of nitrogens with one attached hydrogen (secondary N) is 1. The van der Waals surface area contributed by atoms with E-state index in [1.165, 1.54) is 16.9 Å². The van der Waals surface area contributed by atoms with Gasteiger partial charge in [0.25, 0.3) is 0 Å². The monoisotopic (exact) mass is 251 g/mol. The minimum absolute atomic E-state index is 0.490. The summed E-state index contributed by atoms with van der Waals surface area (Å²) < 4.78 is 0. The summed E-state index contributed by atoms with van der Waals surface area (Å²) in [5.41, 5.74) is 2.74. The summed E-state index contributed by atoms with van der Waals surface area (Å²) in [5.74, 6) is 3.18. The first-order valence-corrected chi connectivity index (χ1v) is 7.66. The van der Waals surface area contributed by atoms with E-state index < -0.39 is 0 Å². The molecule has 1 atom stereocenters. The summed E-state index contributed by atoms with van der Waals surface area (Å²) in [4.78, 5) is 0. The second kappa shape index (κ2) is 7.78. The normalized spacial score (nSPS) is 13.0. The van der Waals surface area contributed by atoms with Gasteiger partial charge in [-0.2, -0.15) is 11.8 Å². The first-order chi connectivity index (χ1) is 8.13. The van der Waals surface area contributed by atoms with E-state index in [2.05, 4.69) is 57.3 Å². The number of hydrogen-bond acceptors (Lipinski definition) is 2. The van der Waals surface area contributed by atoms with Crippen molar-refractivity contribution in [3.8, 4) is 0 Å². The minimum atomic E-state index is 0.490. The van der Waals surface area contributed by atoms with Gasteiger partial charge < -0.3 is 5.32 Å². The first-order valence-electron chi connectivity index (χ1n) is 6.51. The molecule has 0 fully saturated rings. The molecule has 1 unspecified atom stereocenters. The van der Waals surface area contributed by atoms with Gasteiger partial charge in [-0.15, -0.1) is 0 Å². The minimum Gasteiger partial charge on any atom is -0.310 e. The van der Waals surface area contributed by atoms with Crippen LogP contribution in [-0.4, -0.2) is 18.1 Å². The highest BCUT2D eigenvalue weighted by molar-refractivity contribution is 7.99. The Balaban J connectivity index is 2.55. The lowest BCUT2D eigenvalue weighted by Crippen LogP contribution is -2.23. The van der Waals surface area contributed by atoms with Gasteiger partial charge in [0, 0.05) is 11.8 Å². The van der Waals surface area contributed by atoms with Crippen LogP contribution in [0.5, 0.6) is 0 Å². The maximum absolute atomic E-state index is 3.57. The van der Waals surface area contributed by atoms with Crippen LogP contribution >= 0.6 is 11.8 Å². The molecule has 1 rings (SSSR count). The Kier molecular flexibility index (Phi) is 6.68. The molecule has 0 saturated carbocycles. The van der Waals surface area contributed by atoms with Crippen molar-refractivity contribution in [2.75, 3.05) is 18.1 Å². The molecule has 0 aliphatic heterocycles. The summed E-state index contributed by atoms with van der Waals surface area (Å²) in [7, 11) is 0. The number of hydrogen-bond donors (Lipinski definition) is 1. The SMILES string of the molecule is CCNC(CSCC(C)C)c1ccc(C)cc1. The van der Waals surface area contributed by atoms with Crippen LogP contribution in [0.15, 0.2) is 24.3 Å². The lowest BCUT2D eigenvalue weighted by molar-refractivity contribution is 0.605. The fourth-order valence-corrected chi connectivity index (χ4v) is 2.89. The molecular weight excluding hydrogens is 226 g/mol. The van der Waals surface area contributed by atoms with Crippen LogP contribution < -0.4 is 5.32 Å². The molecule has 96 valence electrons. The van der Waals surface area contributed by atoms with Crippen LogP contribution in [0.25, 0.3) is 0 Å². The molecule has 0 aromatic heterocycles. The van der Waals surface area contributed by atoms with E-state index in [0.717, 1.165) is 18.2 Å². The van der Waals surface area contributed by atoms with Crippen LogP contribution in [0.4, 0.5) is 0 Å². The lowest BCUT2D eigenvalue weighted by Gasteiger charge is -2.18. The zero-order valence-corrected chi connectivity index (χ0v) is 12.3. The van der Waals surface area contributed by atoms with Crippen LogP contribution in [0.3, 0.4) is 0 Å². The highest BCUT2D eigenvalue weighted by atomic mass is 32.2. The smallest absolute Gasteiger partial charge is 0.0411 e. The summed E-state index contributed by atoms with van der Waals surface area (Å²) >= 11 is 2.05. The van der Waals surface area contributed by atoms with Crippen LogP contribution in [0, 0.1) is 12.8 Å². The molecular formula is C15H25NS. The maximum Gasteiger partial charge on any atom is 0.0411 e. The molecule has 0 aliphatic carbocycles. The van der Waals surface area contributed by atoms with Gasteiger partial charge in [-0.25, -0.2) is 0 Å². The van der Waals surface area contributed by atoms with Gasteiger partial charge in [0.15, 0.2) is 0 Å². The summed E-state index contributed by atoms with van der Waals surface area (Å²) in [6, 6.07) is 9.39. The molecule has 2 heteroatoms. The van der Waals surface area contributed by atoms with E-state index in [4.69, 9.17) is 0 Å². The molecule has 0 saturated heterocycles. The zero-order chi connectivity index (χ0) is 12.7. The number of benzene rings is 1. The third-order valence-electron chi connectivity index (χ3n) is 2.67. The van der Waals surface area contributed by atoms with E-state index in [-0.39, 0.29) is 0 Å². The Morgan fingerprint density at radius 2 is 1.76 bits per heavy atom. The Hall–Kier alpha value is -0.470. The van der Waals surface area contributed by atoms with Gasteiger partial charge in [0.2, 0.25) is 0 Å². The van der Waals surface area contributed by atoms with Crippen LogP contribution in [0.2, 0.25) is 0 Å². The highest BCUT2D eigenvalue weighted by Gasteiger charge is 2.10. The Morgan fingerprint density at radius 1 is 1.12 bits per heavy atom. The van der Waals surface area contributed by atoms with Gasteiger partial charge in [0.1, 0.15) is 0 Å². The van der Waals surface area contributed by atoms with Crippen molar-refractivity contribution in [1.82, 2.24) is 5.32 Å². The van der Waals surface area contributed by atoms with Crippen LogP contribution in [-0.2, 0) is 0 Å². The lowest BCUT2D eigenvalue weighted by atomic mass is 10.1. The third kappa shape index (κ3) is 5.60. The van der Waals surface area contributed by atoms with Crippen molar-refractivity contribution in [3.05, 3.63) is 35.4 Å². The van der Waals surface area contributed by atoms with Gasteiger partial charge >= 0.3 is 0 Å². The maximum atomic E-state index is 3.57. The van der Waals surface area contributed by atoms with E-state index in [9.17, 15) is 0 Å². The fourth-order valence-electron chi connectivity index (χ4n) is 1.74. The van der Waals surface area contributed by atoms with Gasteiger partial charge in [-0.1, -0.05) is 50.6 Å². The standard InChI is InChI=1S/C15H25NS/c1-5-16-15(11-17-10-12(2)3)14-8-6-13(4)7-9-14/h6-9,12,15-16H,5,10-11H2,1-4H3. The van der Waals surface area contributed by atoms with E-state index in [1.807, 2.05) is 11.8 Å². The zero-order valence-electron chi connectivity index (χ0n) is 11.5. The Bertz CT molecular complexity index is 305. The molecule has 17 heavy (non-hydrogen) atoms. The van der Waals surface area contributed by atoms with Crippen molar-refractivity contribution in [1.29, 1.82) is 0 Å². The van der Waals surface area contributed by atoms with Gasteiger partial charge in [-0.3, -0.25) is 0 Å². The molecule has 0 bridgehead atoms. The predicted molar refractivity (Wildman–Crippen MR) is 79.8 cm³/mol. The molecule has 0 aliphatic rings. The van der Waals surface area contributed by atoms with E-state index in [0.29, 0.717) is 6.04 Å². The molecule has 0 amide bonds. The Morgan fingerprint density at radius 3 is 2.29 bits per heavy atom. The Labute approximate surface area is 110 Å². The van der Waals surface area contributed by atoms with Gasteiger partial charge in [0.05, 0.1) is 0 Å². The molecule has 0 radical (unpaired) electrons. The summed E-state index contributed by atoms with van der Waals surface area (Å²) in [5, 5.41) is 3.57. The predicted octanol–water partition coefficient (Wildman–Crippen LogP) is 4.03. The van der Waals surface area contributed by atoms with Crippen molar-refractivity contribution >= 4 is 11.8 Å². The molecule has 0 spiro atoms. The second-order valence-corrected chi connectivity index (χ2v) is 6.03. The van der Waals surface area contributed by atoms with Gasteiger partial charge in [-0.05, 0) is 30.7 Å². The molecule has 1 nitrogen and oxygen atoms in total. The average molecular weight is 251 g/mol. The molecule has 0 heterocycles. The van der Waals surface area contributed by atoms with Crippen molar-refractivity contribution < 1.29 is 0 Å². The van der Waals surface area contributed by atoms with Crippen molar-refractivity contribution in [2.45, 2.75) is 33.7 Å². The highest BCUT2D eigenvalue weighted by Crippen LogP contribution is 2.20. The number of rotatable bonds is 7. The third-order valence-corrected chi connectivity index (χ3v) is 4.14. The molecule has 1 aromatic carbocycles. The largest absolute Gasteiger partial charge is 0.310 e. The number of aryl methyl sites for hydroxylation is 1. The summed E-state index contributed by atoms with van der Waals surface area (Å²) in [6.07, 6.45) is 0. The van der Waals surface area contributed by atoms with Crippen LogP contribution in [0.1, 0.15) is 37.9 Å². The molecule has 1 N–H and O–H groups in total. The first kappa shape index (κ1) is 14.6. The van der Waals surface area contributed by atoms with E-state index in [1.54, 1.807) is 0 Å². The van der Waals surface area contributed by atoms with Crippen molar-refractivity contribution in [3.63, 3.8) is 0 Å². The number of thioether (sulfide) groups is 1. The van der Waals surface area contributed by atoms with Crippen molar-refractivity contribution in [2.24, 2.45) is 5.92 Å².